The third-order valence-electron chi connectivity index (χ3n) is 21.2. The lowest BCUT2D eigenvalue weighted by molar-refractivity contribution is -0.132. The van der Waals surface area contributed by atoms with E-state index in [1.807, 2.05) is 54.9 Å². The molecule has 117 heavy (non-hydrogen) atoms. The van der Waals surface area contributed by atoms with Gasteiger partial charge in [-0.1, -0.05) is 82.4 Å². The zero-order chi connectivity index (χ0) is 82.3. The van der Waals surface area contributed by atoms with Crippen LogP contribution >= 0.6 is 0 Å². The summed E-state index contributed by atoms with van der Waals surface area (Å²) in [5.41, 5.74) is 6.88. The summed E-state index contributed by atoms with van der Waals surface area (Å²) in [5, 5.41) is 11.2. The molecule has 4 aliphatic heterocycles. The third kappa shape index (κ3) is 25.5. The maximum absolute atomic E-state index is 14.2. The molecule has 0 spiro atoms. The van der Waals surface area contributed by atoms with Crippen LogP contribution in [0.1, 0.15) is 143 Å². The minimum absolute atomic E-state index is 0.0120. The van der Waals surface area contributed by atoms with Crippen LogP contribution in [0.3, 0.4) is 0 Å². The maximum Gasteiger partial charge on any atom is 0.260 e. The van der Waals surface area contributed by atoms with E-state index in [1.165, 1.54) is 33.5 Å². The summed E-state index contributed by atoms with van der Waals surface area (Å²) in [6.07, 6.45) is 21.2. The standard InChI is InChI=1S/C88H111N7O22/c1-57(2)83(94-82(98)25-29-106-31-33-108-35-37-110-39-41-112-43-44-113-42-40-111-38-36-109-34-32-107-30-26-89-81(97)16-11-15-68-74(96)48-69(85(68)100)60-13-9-7-6-8-10-14-60)87(102)92-58(3)86(101)93-65-21-17-59(18-22-65)64-46-66-54-91-73-52-80(77(105-5)50-71(73)88(103)95(66)55-64)115-28-12-27-114-79-51-72-70(49-76(79)104-4)84(99)67-23-19-61(45-63(67)53-90-72)62-20-24-75-78(47-62)117-56-116-75/h15,17-24,47,49-55,57-58,60,63,66,69,83H,6-14,16,25-46,48,56H2,1-5H3,(H,89,97)(H,92,102)(H,93,101)(H,94,98)/b68-15+/t58-,63-,66-,69?,83?/m0/s1. The highest BCUT2D eigenvalue weighted by Crippen LogP contribution is 2.45. The van der Waals surface area contributed by atoms with Gasteiger partial charge in [0.2, 0.25) is 30.4 Å². The van der Waals surface area contributed by atoms with Gasteiger partial charge in [-0.25, -0.2) is 0 Å². The van der Waals surface area contributed by atoms with Gasteiger partial charge in [-0.15, -0.1) is 0 Å². The Morgan fingerprint density at radius 2 is 1.13 bits per heavy atom. The number of carbonyl (C=O) groups excluding carboxylic acids is 8. The van der Waals surface area contributed by atoms with Crippen molar-refractivity contribution in [3.8, 4) is 34.5 Å². The second-order valence-electron chi connectivity index (χ2n) is 29.8. The van der Waals surface area contributed by atoms with Gasteiger partial charge in [0, 0.05) is 92.5 Å². The molecule has 0 aromatic heterocycles. The van der Waals surface area contributed by atoms with E-state index >= 15 is 0 Å². The maximum atomic E-state index is 14.2. The van der Waals surface area contributed by atoms with Gasteiger partial charge in [-0.05, 0) is 103 Å². The van der Waals surface area contributed by atoms with Gasteiger partial charge in [-0.2, -0.15) is 0 Å². The molecule has 5 atom stereocenters. The lowest BCUT2D eigenvalue weighted by Crippen LogP contribution is -2.53. The number of aliphatic imine (C=N–C) groups is 2. The number of fused-ring (bicyclic) bond motifs is 5. The van der Waals surface area contributed by atoms with Crippen molar-refractivity contribution in [3.05, 3.63) is 125 Å². The summed E-state index contributed by atoms with van der Waals surface area (Å²) >= 11 is 0. The van der Waals surface area contributed by atoms with Crippen molar-refractivity contribution in [1.29, 1.82) is 0 Å². The Balaban J connectivity index is 0.481. The SMILES string of the molecule is COc1cc2c(cc1OCCCOc1cc3c(cc1OC)C(=O)N1C=C(c4ccc(NC(=O)[C@H](C)NC(=O)C(NC(=O)CCOCCOCCOCCOCCOCCOCCOCCOCCNC(=O)CC/C=C5\C(=O)CC(C6CCCCCCC6)C5=O)C(C)C)cc4)C[C@H]1C=N3)N=C[C@@H]1CC(c3ccc4c(c3)OCO4)=CC=C1C2=O. The number of rotatable bonds is 47. The monoisotopic (exact) mass is 1620 g/mol. The molecule has 0 bridgehead atoms. The van der Waals surface area contributed by atoms with E-state index in [2.05, 4.69) is 21.3 Å². The molecule has 2 unspecified atom stereocenters. The molecule has 0 radical (unpaired) electrons. The molecule has 3 aliphatic carbocycles. The third-order valence-corrected chi connectivity index (χ3v) is 21.2. The highest BCUT2D eigenvalue weighted by Gasteiger charge is 2.41. The van der Waals surface area contributed by atoms with Crippen molar-refractivity contribution < 1.29 is 105 Å². The number of carbonyl (C=O) groups is 8. The number of ether oxygens (including phenoxy) is 14. The van der Waals surface area contributed by atoms with Gasteiger partial charge < -0.3 is 92.5 Å². The van der Waals surface area contributed by atoms with Gasteiger partial charge in [0.25, 0.3) is 5.91 Å². The van der Waals surface area contributed by atoms with Crippen LogP contribution < -0.4 is 49.7 Å². The van der Waals surface area contributed by atoms with Crippen molar-refractivity contribution >= 4 is 87.5 Å². The summed E-state index contributed by atoms with van der Waals surface area (Å²) < 4.78 is 79.4. The number of nitrogens with one attached hydrogen (secondary N) is 4. The Morgan fingerprint density at radius 1 is 0.556 bits per heavy atom. The molecular formula is C88H111N7O22. The first-order valence-electron chi connectivity index (χ1n) is 40.9. The first kappa shape index (κ1) is 87.8. The fourth-order valence-corrected chi connectivity index (χ4v) is 14.7. The number of hydrogen-bond acceptors (Lipinski definition) is 24. The summed E-state index contributed by atoms with van der Waals surface area (Å²) in [6.45, 7) is 11.9. The van der Waals surface area contributed by atoms with E-state index < -0.39 is 23.9 Å². The first-order chi connectivity index (χ1) is 57.0. The molecule has 4 aromatic rings. The fraction of sp³-hybridized carbons (Fsp3) is 0.523. The normalized spacial score (nSPS) is 18.4. The van der Waals surface area contributed by atoms with Crippen LogP contribution in [-0.4, -0.2) is 229 Å². The van der Waals surface area contributed by atoms with Crippen molar-refractivity contribution in [2.75, 3.05) is 152 Å². The Bertz CT molecular complexity index is 4280. The number of benzene rings is 4. The predicted octanol–water partition coefficient (Wildman–Crippen LogP) is 10.6. The van der Waals surface area contributed by atoms with Gasteiger partial charge in [-0.3, -0.25) is 48.3 Å². The molecule has 5 amide bonds. The summed E-state index contributed by atoms with van der Waals surface area (Å²) in [4.78, 5) is 117. The minimum Gasteiger partial charge on any atom is -0.493 e. The van der Waals surface area contributed by atoms with Crippen LogP contribution in [0.25, 0.3) is 11.1 Å². The Labute approximate surface area is 683 Å². The molecule has 29 heteroatoms. The fourth-order valence-electron chi connectivity index (χ4n) is 14.7. The van der Waals surface area contributed by atoms with Gasteiger partial charge in [0.1, 0.15) is 12.1 Å². The van der Waals surface area contributed by atoms with E-state index in [0.29, 0.717) is 211 Å². The second kappa shape index (κ2) is 45.7. The van der Waals surface area contributed by atoms with Crippen molar-refractivity contribution in [2.45, 2.75) is 129 Å². The van der Waals surface area contributed by atoms with Crippen LogP contribution in [-0.2, 0) is 66.7 Å². The van der Waals surface area contributed by atoms with E-state index in [0.717, 1.165) is 48.0 Å². The number of methoxy groups -OCH3 is 2. The second-order valence-corrected chi connectivity index (χ2v) is 29.8. The van der Waals surface area contributed by atoms with Crippen molar-refractivity contribution in [2.24, 2.45) is 33.7 Å². The van der Waals surface area contributed by atoms with Crippen LogP contribution in [0.15, 0.2) is 112 Å². The molecular weight excluding hydrogens is 1510 g/mol. The van der Waals surface area contributed by atoms with E-state index in [-0.39, 0.29) is 105 Å². The van der Waals surface area contributed by atoms with E-state index in [4.69, 9.17) is 76.3 Å². The quantitative estimate of drug-likeness (QED) is 0.0181. The summed E-state index contributed by atoms with van der Waals surface area (Å²) in [6, 6.07) is 17.5. The lowest BCUT2D eigenvalue weighted by Gasteiger charge is -2.24. The number of amides is 5. The van der Waals surface area contributed by atoms with Gasteiger partial charge in [0.05, 0.1) is 167 Å². The molecule has 29 nitrogen and oxygen atoms in total. The molecule has 630 valence electrons. The summed E-state index contributed by atoms with van der Waals surface area (Å²) in [7, 11) is 3.03. The largest absolute Gasteiger partial charge is 0.493 e. The number of hydrogen-bond donors (Lipinski definition) is 4. The van der Waals surface area contributed by atoms with Gasteiger partial charge >= 0.3 is 0 Å². The molecule has 2 fully saturated rings. The van der Waals surface area contributed by atoms with Crippen LogP contribution in [0.2, 0.25) is 0 Å². The molecule has 4 aromatic carbocycles. The lowest BCUT2D eigenvalue weighted by atomic mass is 9.80. The van der Waals surface area contributed by atoms with E-state index in [1.54, 1.807) is 74.4 Å². The summed E-state index contributed by atoms with van der Waals surface area (Å²) in [5.74, 6) is 0.595. The van der Waals surface area contributed by atoms with Gasteiger partial charge in [0.15, 0.2) is 51.8 Å². The highest BCUT2D eigenvalue weighted by molar-refractivity contribution is 6.26. The van der Waals surface area contributed by atoms with Crippen LogP contribution in [0.4, 0.5) is 17.1 Å². The zero-order valence-electron chi connectivity index (χ0n) is 67.7. The van der Waals surface area contributed by atoms with E-state index in [9.17, 15) is 38.4 Å². The molecule has 4 N–H and O–H groups in total. The Morgan fingerprint density at radius 3 is 1.75 bits per heavy atom. The predicted molar refractivity (Wildman–Crippen MR) is 436 cm³/mol. The number of ketones is 3. The molecule has 0 saturated heterocycles. The molecule has 2 saturated carbocycles. The first-order valence-corrected chi connectivity index (χ1v) is 40.9. The molecule has 4 heterocycles. The van der Waals surface area contributed by atoms with Crippen LogP contribution in [0.5, 0.6) is 34.5 Å². The van der Waals surface area contributed by atoms with Crippen molar-refractivity contribution in [1.82, 2.24) is 20.9 Å². The molecule has 11 rings (SSSR count). The minimum atomic E-state index is -0.945. The Hall–Kier alpha value is -9.98. The average Bonchev–Trinajstić information content (AvgIpc) is 1.67. The number of allylic oxidation sites excluding steroid dienone is 6. The smallest absolute Gasteiger partial charge is 0.260 e. The van der Waals surface area contributed by atoms with Crippen LogP contribution in [0, 0.1) is 23.7 Å². The average molecular weight is 1620 g/mol. The zero-order valence-corrected chi connectivity index (χ0v) is 67.7. The number of nitrogens with zero attached hydrogens (tertiary/aromatic N) is 3. The Kier molecular flexibility index (Phi) is 34.3. The number of anilines is 1. The van der Waals surface area contributed by atoms with Crippen molar-refractivity contribution in [3.63, 3.8) is 0 Å². The molecule has 7 aliphatic rings. The number of Topliss-reactive ketones (excluding diaryl/α,β-unsaturated/α-hetero) is 3. The topological polar surface area (TPSA) is 342 Å². The highest BCUT2D eigenvalue weighted by atomic mass is 16.7.